The highest BCUT2D eigenvalue weighted by atomic mass is 79.9. The summed E-state index contributed by atoms with van der Waals surface area (Å²) in [5.41, 5.74) is 4.54. The molecule has 1 atom stereocenters. The number of rotatable bonds is 8. The average Bonchev–Trinajstić information content (AvgIpc) is 3.53. The van der Waals surface area contributed by atoms with Gasteiger partial charge in [-0.2, -0.15) is 4.72 Å². The van der Waals surface area contributed by atoms with Crippen molar-refractivity contribution in [3.8, 4) is 21.7 Å². The summed E-state index contributed by atoms with van der Waals surface area (Å²) in [7, 11) is -4.10. The minimum absolute atomic E-state index is 0.0248. The number of fused-ring (bicyclic) bond motifs is 3. The second-order valence-electron chi connectivity index (χ2n) is 9.15. The van der Waals surface area contributed by atoms with Gasteiger partial charge in [0.25, 0.3) is 0 Å². The third-order valence-electron chi connectivity index (χ3n) is 6.57. The van der Waals surface area contributed by atoms with Gasteiger partial charge in [-0.15, -0.1) is 11.3 Å². The number of nitrogens with one attached hydrogen (secondary N) is 1. The van der Waals surface area contributed by atoms with Gasteiger partial charge in [0.05, 0.1) is 15.5 Å². The summed E-state index contributed by atoms with van der Waals surface area (Å²) in [6.45, 7) is 0. The van der Waals surface area contributed by atoms with Crippen LogP contribution in [-0.2, 0) is 21.2 Å². The van der Waals surface area contributed by atoms with Crippen LogP contribution in [0.2, 0.25) is 0 Å². The number of halogens is 1. The Labute approximate surface area is 242 Å². The van der Waals surface area contributed by atoms with E-state index in [9.17, 15) is 18.3 Å². The summed E-state index contributed by atoms with van der Waals surface area (Å²) in [4.78, 5) is 17.3. The molecule has 0 saturated heterocycles. The fraction of sp³-hybridized carbons (Fsp3) is 0.0667. The van der Waals surface area contributed by atoms with E-state index in [0.29, 0.717) is 20.7 Å². The topological polar surface area (TPSA) is 110 Å². The summed E-state index contributed by atoms with van der Waals surface area (Å²) in [5.74, 6) is -1.25. The number of carboxylic acid groups (broad SMARTS) is 1. The van der Waals surface area contributed by atoms with Crippen molar-refractivity contribution < 1.29 is 22.7 Å². The molecule has 2 heterocycles. The number of carbonyl (C=O) groups is 1. The minimum atomic E-state index is -4.10. The fourth-order valence-electron chi connectivity index (χ4n) is 4.67. The molecule has 1 unspecified atom stereocenters. The third kappa shape index (κ3) is 5.06. The summed E-state index contributed by atoms with van der Waals surface area (Å²) in [5, 5.41) is 11.7. The summed E-state index contributed by atoms with van der Waals surface area (Å²) in [6.07, 6.45) is 0.0248. The predicted molar refractivity (Wildman–Crippen MR) is 160 cm³/mol. The molecule has 200 valence electrons. The first kappa shape index (κ1) is 26.4. The third-order valence-corrected chi connectivity index (χ3v) is 9.59. The zero-order chi connectivity index (χ0) is 27.9. The van der Waals surface area contributed by atoms with Crippen molar-refractivity contribution in [1.82, 2.24) is 9.71 Å². The molecule has 0 amide bonds. The monoisotopic (exact) mass is 632 g/mol. The number of sulfonamides is 1. The fourth-order valence-corrected chi connectivity index (χ4v) is 7.36. The maximum atomic E-state index is 13.1. The Morgan fingerprint density at radius 3 is 2.38 bits per heavy atom. The molecule has 4 aromatic carbocycles. The van der Waals surface area contributed by atoms with Gasteiger partial charge < -0.3 is 9.52 Å². The molecule has 10 heteroatoms. The maximum Gasteiger partial charge on any atom is 0.322 e. The van der Waals surface area contributed by atoms with E-state index in [1.807, 2.05) is 48.5 Å². The van der Waals surface area contributed by atoms with Gasteiger partial charge in [0.15, 0.2) is 3.92 Å². The largest absolute Gasteiger partial charge is 0.480 e. The molecule has 2 aromatic heterocycles. The van der Waals surface area contributed by atoms with Gasteiger partial charge in [0.1, 0.15) is 17.2 Å². The Bertz CT molecular complexity index is 1970. The van der Waals surface area contributed by atoms with Gasteiger partial charge in [-0.3, -0.25) is 4.79 Å². The second kappa shape index (κ2) is 10.6. The molecule has 0 spiro atoms. The van der Waals surface area contributed by atoms with Crippen LogP contribution in [0.25, 0.3) is 43.6 Å². The molecule has 0 radical (unpaired) electrons. The number of aromatic nitrogens is 1. The average molecular weight is 634 g/mol. The number of nitrogens with zero attached hydrogens (tertiary/aromatic N) is 1. The highest BCUT2D eigenvalue weighted by Crippen LogP contribution is 2.43. The van der Waals surface area contributed by atoms with Crippen LogP contribution in [0, 0.1) is 0 Å². The molecular weight excluding hydrogens is 612 g/mol. The molecule has 0 aliphatic heterocycles. The first-order chi connectivity index (χ1) is 19.3. The van der Waals surface area contributed by atoms with Gasteiger partial charge in [-0.25, -0.2) is 13.4 Å². The van der Waals surface area contributed by atoms with Crippen LogP contribution >= 0.6 is 27.3 Å². The molecule has 6 rings (SSSR count). The molecule has 0 fully saturated rings. The smallest absolute Gasteiger partial charge is 0.322 e. The van der Waals surface area contributed by atoms with Crippen molar-refractivity contribution in [3.63, 3.8) is 0 Å². The number of furan rings is 1. The lowest BCUT2D eigenvalue weighted by molar-refractivity contribution is -0.138. The number of para-hydroxylation sites is 2. The van der Waals surface area contributed by atoms with Crippen LogP contribution in [0.1, 0.15) is 5.56 Å². The Morgan fingerprint density at radius 2 is 1.62 bits per heavy atom. The second-order valence-corrected chi connectivity index (χ2v) is 13.1. The van der Waals surface area contributed by atoms with Gasteiger partial charge in [0, 0.05) is 21.9 Å². The van der Waals surface area contributed by atoms with Crippen LogP contribution in [-0.4, -0.2) is 30.5 Å². The number of thiazole rings is 1. The zero-order valence-electron chi connectivity index (χ0n) is 20.7. The Kier molecular flexibility index (Phi) is 7.01. The van der Waals surface area contributed by atoms with Crippen LogP contribution in [0.3, 0.4) is 0 Å². The number of benzene rings is 4. The zero-order valence-corrected chi connectivity index (χ0v) is 24.0. The van der Waals surface area contributed by atoms with E-state index in [1.54, 1.807) is 36.4 Å². The Morgan fingerprint density at radius 1 is 0.925 bits per heavy atom. The molecule has 40 heavy (non-hydrogen) atoms. The molecule has 0 aliphatic rings. The number of hydrogen-bond acceptors (Lipinski definition) is 6. The normalized spacial score (nSPS) is 12.6. The van der Waals surface area contributed by atoms with Crippen LogP contribution in [0.4, 0.5) is 0 Å². The SMILES string of the molecule is O=C(O)C(Cc1ccccc1)NS(=O)(=O)c1ccc(-c2nc(Br)sc2-c2cccc3c2oc2ccccc23)cc1. The predicted octanol–water partition coefficient (Wildman–Crippen LogP) is 7.11. The van der Waals surface area contributed by atoms with Crippen molar-refractivity contribution in [2.24, 2.45) is 0 Å². The van der Waals surface area contributed by atoms with Crippen LogP contribution in [0.5, 0.6) is 0 Å². The first-order valence-electron chi connectivity index (χ1n) is 12.3. The number of carboxylic acids is 1. The standard InChI is InChI=1S/C30H21BrN2O5S2/c31-30-32-26(28(39-30)23-11-6-10-22-21-9-4-5-12-25(21)38-27(22)23)19-13-15-20(16-14-19)40(36,37)33-24(29(34)35)17-18-7-2-1-3-8-18/h1-16,24,33H,17H2,(H,34,35). The first-order valence-corrected chi connectivity index (χ1v) is 15.4. The Balaban J connectivity index is 1.33. The summed E-state index contributed by atoms with van der Waals surface area (Å²) in [6, 6.07) is 27.7. The molecule has 7 nitrogen and oxygen atoms in total. The van der Waals surface area contributed by atoms with Gasteiger partial charge in [-0.05, 0) is 52.2 Å². The lowest BCUT2D eigenvalue weighted by atomic mass is 10.0. The highest BCUT2D eigenvalue weighted by Gasteiger charge is 2.26. The van der Waals surface area contributed by atoms with E-state index in [0.717, 1.165) is 32.4 Å². The van der Waals surface area contributed by atoms with E-state index < -0.39 is 22.0 Å². The molecule has 2 N–H and O–H groups in total. The van der Waals surface area contributed by atoms with Crippen LogP contribution < -0.4 is 4.72 Å². The van der Waals surface area contributed by atoms with Crippen LogP contribution in [0.15, 0.2) is 110 Å². The molecule has 0 bridgehead atoms. The number of aliphatic carboxylic acids is 1. The summed E-state index contributed by atoms with van der Waals surface area (Å²) >= 11 is 4.96. The quantitative estimate of drug-likeness (QED) is 0.185. The van der Waals surface area contributed by atoms with E-state index in [2.05, 4.69) is 25.6 Å². The minimum Gasteiger partial charge on any atom is -0.480 e. The van der Waals surface area contributed by atoms with Gasteiger partial charge >= 0.3 is 5.97 Å². The van der Waals surface area contributed by atoms with Crippen molar-refractivity contribution in [1.29, 1.82) is 0 Å². The summed E-state index contributed by atoms with van der Waals surface area (Å²) < 4.78 is 35.4. The molecular formula is C30H21BrN2O5S2. The van der Waals surface area contributed by atoms with Crippen molar-refractivity contribution >= 4 is 65.2 Å². The van der Waals surface area contributed by atoms with E-state index in [-0.39, 0.29) is 11.3 Å². The van der Waals surface area contributed by atoms with Gasteiger partial charge in [-0.1, -0.05) is 72.8 Å². The van der Waals surface area contributed by atoms with Gasteiger partial charge in [0.2, 0.25) is 10.0 Å². The van der Waals surface area contributed by atoms with E-state index >= 15 is 0 Å². The van der Waals surface area contributed by atoms with E-state index in [1.165, 1.54) is 23.5 Å². The number of hydrogen-bond donors (Lipinski definition) is 2. The maximum absolute atomic E-state index is 13.1. The Hall–Kier alpha value is -3.83. The highest BCUT2D eigenvalue weighted by molar-refractivity contribution is 9.11. The van der Waals surface area contributed by atoms with Crippen molar-refractivity contribution in [2.75, 3.05) is 0 Å². The lowest BCUT2D eigenvalue weighted by Crippen LogP contribution is -2.42. The lowest BCUT2D eigenvalue weighted by Gasteiger charge is -2.15. The molecule has 6 aromatic rings. The molecule has 0 saturated carbocycles. The van der Waals surface area contributed by atoms with Crippen molar-refractivity contribution in [3.05, 3.63) is 107 Å². The molecule has 0 aliphatic carbocycles. The van der Waals surface area contributed by atoms with E-state index in [4.69, 9.17) is 4.42 Å². The van der Waals surface area contributed by atoms with Crippen molar-refractivity contribution in [2.45, 2.75) is 17.4 Å².